The molecule has 8 heteroatoms. The Kier molecular flexibility index (Phi) is 6.01. The van der Waals surface area contributed by atoms with Gasteiger partial charge < -0.3 is 18.7 Å². The summed E-state index contributed by atoms with van der Waals surface area (Å²) in [4.78, 5) is 16.1. The fraction of sp³-hybridized carbons (Fsp3) is 0.471. The van der Waals surface area contributed by atoms with Crippen LogP contribution in [0, 0.1) is 0 Å². The molecule has 0 N–H and O–H groups in total. The second-order valence-corrected chi connectivity index (χ2v) is 6.18. The molecule has 1 saturated heterocycles. The molecule has 2 unspecified atom stereocenters. The first-order valence-electron chi connectivity index (χ1n) is 8.10. The SMILES string of the molecule is CC(OCC1CCCO1)C(=O)OCc1noc(-c2ccc(Cl)cc2)n1. The molecule has 1 aromatic carbocycles. The van der Waals surface area contributed by atoms with E-state index in [2.05, 4.69) is 10.1 Å². The van der Waals surface area contributed by atoms with Crippen LogP contribution >= 0.6 is 11.6 Å². The van der Waals surface area contributed by atoms with Gasteiger partial charge in [-0.15, -0.1) is 0 Å². The predicted octanol–water partition coefficient (Wildman–Crippen LogP) is 3.02. The summed E-state index contributed by atoms with van der Waals surface area (Å²) in [5.41, 5.74) is 0.739. The van der Waals surface area contributed by atoms with Gasteiger partial charge in [-0.1, -0.05) is 16.8 Å². The van der Waals surface area contributed by atoms with Crippen LogP contribution in [-0.4, -0.2) is 41.5 Å². The van der Waals surface area contributed by atoms with Crippen LogP contribution < -0.4 is 0 Å². The number of ether oxygens (including phenoxy) is 3. The van der Waals surface area contributed by atoms with Crippen molar-refractivity contribution in [3.05, 3.63) is 35.1 Å². The van der Waals surface area contributed by atoms with Gasteiger partial charge in [0.15, 0.2) is 12.7 Å². The number of hydrogen-bond acceptors (Lipinski definition) is 7. The molecule has 0 aliphatic carbocycles. The van der Waals surface area contributed by atoms with E-state index in [4.69, 9.17) is 30.3 Å². The number of nitrogens with zero attached hydrogens (tertiary/aromatic N) is 2. The van der Waals surface area contributed by atoms with Crippen LogP contribution in [0.5, 0.6) is 0 Å². The van der Waals surface area contributed by atoms with Crippen LogP contribution in [0.25, 0.3) is 11.5 Å². The van der Waals surface area contributed by atoms with E-state index in [0.29, 0.717) is 17.5 Å². The van der Waals surface area contributed by atoms with Crippen LogP contribution in [0.3, 0.4) is 0 Å². The molecule has 25 heavy (non-hydrogen) atoms. The summed E-state index contributed by atoms with van der Waals surface area (Å²) in [5.74, 6) is 0.144. The molecule has 2 atom stereocenters. The average Bonchev–Trinajstić information content (AvgIpc) is 3.30. The molecule has 2 heterocycles. The van der Waals surface area contributed by atoms with E-state index in [1.807, 2.05) is 0 Å². The summed E-state index contributed by atoms with van der Waals surface area (Å²) in [5, 5.41) is 4.42. The van der Waals surface area contributed by atoms with Crippen molar-refractivity contribution in [3.63, 3.8) is 0 Å². The van der Waals surface area contributed by atoms with Gasteiger partial charge in [-0.3, -0.25) is 0 Å². The molecule has 0 amide bonds. The molecule has 0 spiro atoms. The van der Waals surface area contributed by atoms with E-state index in [0.717, 1.165) is 25.0 Å². The summed E-state index contributed by atoms with van der Waals surface area (Å²) in [6.07, 6.45) is 1.37. The van der Waals surface area contributed by atoms with Crippen molar-refractivity contribution in [1.82, 2.24) is 10.1 Å². The van der Waals surface area contributed by atoms with Gasteiger partial charge in [0.05, 0.1) is 12.7 Å². The van der Waals surface area contributed by atoms with Crippen LogP contribution in [-0.2, 0) is 25.6 Å². The minimum absolute atomic E-state index is 0.0643. The van der Waals surface area contributed by atoms with E-state index >= 15 is 0 Å². The predicted molar refractivity (Wildman–Crippen MR) is 88.9 cm³/mol. The third-order valence-electron chi connectivity index (χ3n) is 3.79. The first-order chi connectivity index (χ1) is 12.1. The van der Waals surface area contributed by atoms with Gasteiger partial charge in [-0.25, -0.2) is 4.79 Å². The molecule has 134 valence electrons. The topological polar surface area (TPSA) is 83.7 Å². The Bertz CT molecular complexity index is 697. The van der Waals surface area contributed by atoms with Crippen molar-refractivity contribution >= 4 is 17.6 Å². The Morgan fingerprint density at radius 3 is 2.92 bits per heavy atom. The maximum absolute atomic E-state index is 11.9. The molecule has 1 aliphatic heterocycles. The number of esters is 1. The molecule has 2 aromatic rings. The molecule has 1 fully saturated rings. The van der Waals surface area contributed by atoms with E-state index in [9.17, 15) is 4.79 Å². The van der Waals surface area contributed by atoms with E-state index in [-0.39, 0.29) is 18.5 Å². The van der Waals surface area contributed by atoms with E-state index in [1.165, 1.54) is 0 Å². The fourth-order valence-electron chi connectivity index (χ4n) is 2.37. The van der Waals surface area contributed by atoms with Gasteiger partial charge in [-0.05, 0) is 44.0 Å². The van der Waals surface area contributed by atoms with Crippen LogP contribution in [0.2, 0.25) is 5.02 Å². The van der Waals surface area contributed by atoms with Crippen molar-refractivity contribution in [1.29, 1.82) is 0 Å². The molecule has 0 radical (unpaired) electrons. The quantitative estimate of drug-likeness (QED) is 0.696. The van der Waals surface area contributed by atoms with E-state index < -0.39 is 12.1 Å². The third-order valence-corrected chi connectivity index (χ3v) is 4.04. The number of halogens is 1. The second kappa shape index (κ2) is 8.42. The summed E-state index contributed by atoms with van der Waals surface area (Å²) in [6.45, 7) is 2.70. The van der Waals surface area contributed by atoms with Gasteiger partial charge in [0.2, 0.25) is 5.82 Å². The fourth-order valence-corrected chi connectivity index (χ4v) is 2.50. The largest absolute Gasteiger partial charge is 0.455 e. The molecule has 1 aromatic heterocycles. The van der Waals surface area contributed by atoms with E-state index in [1.54, 1.807) is 31.2 Å². The molecule has 7 nitrogen and oxygen atoms in total. The zero-order chi connectivity index (χ0) is 17.6. The van der Waals surface area contributed by atoms with Gasteiger partial charge in [0.25, 0.3) is 5.89 Å². The molecule has 0 bridgehead atoms. The number of hydrogen-bond donors (Lipinski definition) is 0. The number of aromatic nitrogens is 2. The smallest absolute Gasteiger partial charge is 0.335 e. The van der Waals surface area contributed by atoms with Crippen LogP contribution in [0.15, 0.2) is 28.8 Å². The Morgan fingerprint density at radius 2 is 2.20 bits per heavy atom. The lowest BCUT2D eigenvalue weighted by atomic mass is 10.2. The van der Waals surface area contributed by atoms with Gasteiger partial charge in [0.1, 0.15) is 0 Å². The Hall–Kier alpha value is -1.96. The number of rotatable bonds is 7. The lowest BCUT2D eigenvalue weighted by molar-refractivity contribution is -0.159. The summed E-state index contributed by atoms with van der Waals surface area (Å²) < 4.78 is 21.2. The Morgan fingerprint density at radius 1 is 1.40 bits per heavy atom. The lowest BCUT2D eigenvalue weighted by Gasteiger charge is -2.14. The number of carbonyl (C=O) groups is 1. The summed E-state index contributed by atoms with van der Waals surface area (Å²) in [6, 6.07) is 7.00. The van der Waals surface area contributed by atoms with Crippen molar-refractivity contribution in [3.8, 4) is 11.5 Å². The maximum Gasteiger partial charge on any atom is 0.335 e. The summed E-state index contributed by atoms with van der Waals surface area (Å²) >= 11 is 5.84. The highest BCUT2D eigenvalue weighted by molar-refractivity contribution is 6.30. The Balaban J connectivity index is 1.46. The van der Waals surface area contributed by atoms with Gasteiger partial charge >= 0.3 is 5.97 Å². The normalized spacial score (nSPS) is 18.2. The lowest BCUT2D eigenvalue weighted by Crippen LogP contribution is -2.27. The number of benzene rings is 1. The maximum atomic E-state index is 11.9. The van der Waals surface area contributed by atoms with Gasteiger partial charge in [0, 0.05) is 17.2 Å². The standard InChI is InChI=1S/C17H19ClN2O5/c1-11(23-9-14-3-2-8-22-14)17(21)24-10-15-19-16(25-20-15)12-4-6-13(18)7-5-12/h4-7,11,14H,2-3,8-10H2,1H3. The third kappa shape index (κ3) is 5.01. The molecular weight excluding hydrogens is 348 g/mol. The molecule has 0 saturated carbocycles. The van der Waals surface area contributed by atoms with Crippen LogP contribution in [0.4, 0.5) is 0 Å². The van der Waals surface area contributed by atoms with Crippen molar-refractivity contribution in [2.45, 2.75) is 38.6 Å². The first kappa shape index (κ1) is 17.8. The minimum Gasteiger partial charge on any atom is -0.455 e. The van der Waals surface area contributed by atoms with Gasteiger partial charge in [-0.2, -0.15) is 4.98 Å². The average molecular weight is 367 g/mol. The first-order valence-corrected chi connectivity index (χ1v) is 8.48. The number of carbonyl (C=O) groups excluding carboxylic acids is 1. The highest BCUT2D eigenvalue weighted by Gasteiger charge is 2.21. The second-order valence-electron chi connectivity index (χ2n) is 5.74. The Labute approximate surface area is 150 Å². The van der Waals surface area contributed by atoms with Crippen molar-refractivity contribution in [2.24, 2.45) is 0 Å². The monoisotopic (exact) mass is 366 g/mol. The van der Waals surface area contributed by atoms with Crippen molar-refractivity contribution < 1.29 is 23.5 Å². The highest BCUT2D eigenvalue weighted by atomic mass is 35.5. The minimum atomic E-state index is -0.674. The molecule has 1 aliphatic rings. The molecular formula is C17H19ClN2O5. The molecule has 3 rings (SSSR count). The highest BCUT2D eigenvalue weighted by Crippen LogP contribution is 2.20. The van der Waals surface area contributed by atoms with Crippen molar-refractivity contribution in [2.75, 3.05) is 13.2 Å². The summed E-state index contributed by atoms with van der Waals surface area (Å²) in [7, 11) is 0. The zero-order valence-corrected chi connectivity index (χ0v) is 14.6. The van der Waals surface area contributed by atoms with Crippen LogP contribution in [0.1, 0.15) is 25.6 Å². The zero-order valence-electron chi connectivity index (χ0n) is 13.8.